The average molecular weight is 242 g/mol. The van der Waals surface area contributed by atoms with Crippen molar-refractivity contribution in [2.75, 3.05) is 0 Å². The monoisotopic (exact) mass is 242 g/mol. The van der Waals surface area contributed by atoms with Crippen LogP contribution in [0.3, 0.4) is 0 Å². The first kappa shape index (κ1) is 10.8. The van der Waals surface area contributed by atoms with Crippen LogP contribution in [-0.2, 0) is 4.79 Å². The highest BCUT2D eigenvalue weighted by Gasteiger charge is 2.39. The van der Waals surface area contributed by atoms with E-state index in [9.17, 15) is 19.8 Å². The Morgan fingerprint density at radius 3 is 2.72 bits per heavy atom. The fourth-order valence-electron chi connectivity index (χ4n) is 2.53. The topological polar surface area (TPSA) is 74.6 Å². The van der Waals surface area contributed by atoms with Gasteiger partial charge in [0, 0.05) is 5.56 Å². The molecule has 0 aromatic heterocycles. The van der Waals surface area contributed by atoms with Crippen LogP contribution in [-0.4, -0.2) is 21.8 Å². The van der Waals surface area contributed by atoms with Gasteiger partial charge in [-0.2, -0.15) is 0 Å². The van der Waals surface area contributed by atoms with Gasteiger partial charge in [0.15, 0.2) is 11.6 Å². The van der Waals surface area contributed by atoms with E-state index in [4.69, 9.17) is 0 Å². The number of phenolic OH excluding ortho intramolecular Hbond substituents is 1. The normalized spacial score (nSPS) is 21.9. The molecule has 0 saturated carbocycles. The zero-order valence-electron chi connectivity index (χ0n) is 9.38. The second-order valence-corrected chi connectivity index (χ2v) is 4.38. The molecule has 3 rings (SSSR count). The fourth-order valence-corrected chi connectivity index (χ4v) is 2.53. The van der Waals surface area contributed by atoms with Crippen LogP contribution in [0.15, 0.2) is 35.9 Å². The van der Waals surface area contributed by atoms with Crippen LogP contribution in [0.1, 0.15) is 22.3 Å². The summed E-state index contributed by atoms with van der Waals surface area (Å²) in [6.45, 7) is 0. The van der Waals surface area contributed by atoms with Crippen LogP contribution < -0.4 is 0 Å². The largest absolute Gasteiger partial charge is 0.507 e. The van der Waals surface area contributed by atoms with Crippen molar-refractivity contribution in [1.29, 1.82) is 0 Å². The quantitative estimate of drug-likeness (QED) is 0.729. The van der Waals surface area contributed by atoms with Crippen molar-refractivity contribution in [2.45, 2.75) is 6.42 Å². The summed E-state index contributed by atoms with van der Waals surface area (Å²) in [6.07, 6.45) is 3.38. The minimum atomic E-state index is -0.628. The van der Waals surface area contributed by atoms with Gasteiger partial charge in [-0.1, -0.05) is 18.2 Å². The van der Waals surface area contributed by atoms with Crippen molar-refractivity contribution >= 4 is 17.3 Å². The Labute approximate surface area is 103 Å². The minimum Gasteiger partial charge on any atom is -0.507 e. The molecule has 1 aromatic carbocycles. The minimum absolute atomic E-state index is 0.0670. The summed E-state index contributed by atoms with van der Waals surface area (Å²) < 4.78 is 0. The standard InChI is InChI=1S/C14H10O4/c15-9-5-1-3-7-11(9)14(18)12-8(13(7)17)4-2-6-10(12)16/h1-3,5-6,8,15,18H,4H2. The summed E-state index contributed by atoms with van der Waals surface area (Å²) in [4.78, 5) is 24.0. The van der Waals surface area contributed by atoms with E-state index in [0.29, 0.717) is 6.42 Å². The smallest absolute Gasteiger partial charge is 0.185 e. The Hall–Kier alpha value is -2.36. The van der Waals surface area contributed by atoms with E-state index in [1.807, 2.05) is 0 Å². The van der Waals surface area contributed by atoms with Gasteiger partial charge in [0.2, 0.25) is 0 Å². The zero-order valence-corrected chi connectivity index (χ0v) is 9.38. The predicted octanol–water partition coefficient (Wildman–Crippen LogP) is 2.00. The number of aromatic hydroxyl groups is 1. The number of rotatable bonds is 0. The fraction of sp³-hybridized carbons (Fsp3) is 0.143. The molecule has 0 spiro atoms. The molecule has 0 bridgehead atoms. The molecule has 2 N–H and O–H groups in total. The van der Waals surface area contributed by atoms with Crippen LogP contribution in [0.5, 0.6) is 5.75 Å². The number of hydrogen-bond donors (Lipinski definition) is 2. The molecule has 1 aromatic rings. The zero-order chi connectivity index (χ0) is 12.9. The lowest BCUT2D eigenvalue weighted by Crippen LogP contribution is -2.29. The number of aliphatic hydroxyl groups excluding tert-OH is 1. The van der Waals surface area contributed by atoms with Gasteiger partial charge in [0.25, 0.3) is 0 Å². The first-order chi connectivity index (χ1) is 8.61. The summed E-state index contributed by atoms with van der Waals surface area (Å²) in [5.41, 5.74) is 0.429. The van der Waals surface area contributed by atoms with E-state index in [1.165, 1.54) is 12.1 Å². The summed E-state index contributed by atoms with van der Waals surface area (Å²) in [5.74, 6) is -1.69. The summed E-state index contributed by atoms with van der Waals surface area (Å²) >= 11 is 0. The van der Waals surface area contributed by atoms with Gasteiger partial charge in [0.1, 0.15) is 11.5 Å². The highest BCUT2D eigenvalue weighted by Crippen LogP contribution is 2.41. The highest BCUT2D eigenvalue weighted by atomic mass is 16.3. The summed E-state index contributed by atoms with van der Waals surface area (Å²) in [7, 11) is 0. The number of carbonyl (C=O) groups is 2. The molecule has 2 aliphatic carbocycles. The number of phenols is 1. The number of ketones is 2. The maximum absolute atomic E-state index is 12.3. The number of aliphatic hydroxyl groups is 1. The molecule has 4 heteroatoms. The summed E-state index contributed by atoms with van der Waals surface area (Å²) in [5, 5.41) is 19.9. The second-order valence-electron chi connectivity index (χ2n) is 4.38. The number of Topliss-reactive ketones (excluding diaryl/α,β-unsaturated/α-hetero) is 1. The third-order valence-corrected chi connectivity index (χ3v) is 3.37. The van der Waals surface area contributed by atoms with E-state index in [-0.39, 0.29) is 39.8 Å². The molecular weight excluding hydrogens is 232 g/mol. The third kappa shape index (κ3) is 1.26. The van der Waals surface area contributed by atoms with Crippen LogP contribution in [0, 0.1) is 5.92 Å². The maximum Gasteiger partial charge on any atom is 0.185 e. The van der Waals surface area contributed by atoms with Gasteiger partial charge in [-0.15, -0.1) is 0 Å². The number of fused-ring (bicyclic) bond motifs is 2. The number of carbonyl (C=O) groups excluding carboxylic acids is 2. The average Bonchev–Trinajstić information content (AvgIpc) is 2.35. The molecular formula is C14H10O4. The Bertz CT molecular complexity index is 637. The van der Waals surface area contributed by atoms with Gasteiger partial charge in [-0.25, -0.2) is 0 Å². The molecule has 0 fully saturated rings. The SMILES string of the molecule is O=C1C=CCC2C(=O)c3cccc(O)c3C(O)=C12. The lowest BCUT2D eigenvalue weighted by Gasteiger charge is -2.27. The number of allylic oxidation sites excluding steroid dienone is 3. The first-order valence-corrected chi connectivity index (χ1v) is 5.62. The maximum atomic E-state index is 12.3. The van der Waals surface area contributed by atoms with E-state index >= 15 is 0 Å². The Morgan fingerprint density at radius 1 is 1.17 bits per heavy atom. The molecule has 0 radical (unpaired) electrons. The van der Waals surface area contributed by atoms with Crippen molar-refractivity contribution in [3.8, 4) is 5.75 Å². The van der Waals surface area contributed by atoms with Crippen molar-refractivity contribution in [3.63, 3.8) is 0 Å². The third-order valence-electron chi connectivity index (χ3n) is 3.37. The molecule has 1 atom stereocenters. The van der Waals surface area contributed by atoms with Crippen molar-refractivity contribution in [1.82, 2.24) is 0 Å². The van der Waals surface area contributed by atoms with Crippen LogP contribution in [0.25, 0.3) is 5.76 Å². The van der Waals surface area contributed by atoms with E-state index in [0.717, 1.165) is 0 Å². The molecule has 2 aliphatic rings. The van der Waals surface area contributed by atoms with E-state index in [2.05, 4.69) is 0 Å². The lowest BCUT2D eigenvalue weighted by molar-refractivity contribution is -0.112. The van der Waals surface area contributed by atoms with Crippen molar-refractivity contribution in [3.05, 3.63) is 47.1 Å². The first-order valence-electron chi connectivity index (χ1n) is 5.62. The molecule has 0 heterocycles. The van der Waals surface area contributed by atoms with Gasteiger partial charge >= 0.3 is 0 Å². The Balaban J connectivity index is 2.35. The molecule has 4 nitrogen and oxygen atoms in total. The summed E-state index contributed by atoms with van der Waals surface area (Å²) in [6, 6.07) is 4.48. The number of benzene rings is 1. The molecule has 0 amide bonds. The Kier molecular flexibility index (Phi) is 2.13. The van der Waals surface area contributed by atoms with Crippen LogP contribution in [0.2, 0.25) is 0 Å². The highest BCUT2D eigenvalue weighted by molar-refractivity contribution is 6.20. The molecule has 0 aliphatic heterocycles. The second kappa shape index (κ2) is 3.57. The van der Waals surface area contributed by atoms with Gasteiger partial charge < -0.3 is 10.2 Å². The number of hydrogen-bond acceptors (Lipinski definition) is 4. The molecule has 90 valence electrons. The molecule has 1 unspecified atom stereocenters. The van der Waals surface area contributed by atoms with E-state index in [1.54, 1.807) is 18.2 Å². The molecule has 18 heavy (non-hydrogen) atoms. The predicted molar refractivity (Wildman–Crippen MR) is 64.2 cm³/mol. The van der Waals surface area contributed by atoms with Crippen LogP contribution in [0.4, 0.5) is 0 Å². The Morgan fingerprint density at radius 2 is 1.94 bits per heavy atom. The van der Waals surface area contributed by atoms with Gasteiger partial charge in [-0.05, 0) is 18.6 Å². The lowest BCUT2D eigenvalue weighted by atomic mass is 9.75. The molecule has 0 saturated heterocycles. The van der Waals surface area contributed by atoms with Gasteiger partial charge in [0.05, 0.1) is 17.1 Å². The van der Waals surface area contributed by atoms with E-state index < -0.39 is 5.92 Å². The van der Waals surface area contributed by atoms with Crippen molar-refractivity contribution in [2.24, 2.45) is 5.92 Å². The van der Waals surface area contributed by atoms with Gasteiger partial charge in [-0.3, -0.25) is 9.59 Å². The van der Waals surface area contributed by atoms with Crippen LogP contribution >= 0.6 is 0 Å². The van der Waals surface area contributed by atoms with Crippen molar-refractivity contribution < 1.29 is 19.8 Å².